The van der Waals surface area contributed by atoms with Crippen LogP contribution in [0.4, 0.5) is 0 Å². The lowest BCUT2D eigenvalue weighted by Crippen LogP contribution is -2.05. The van der Waals surface area contributed by atoms with Crippen LogP contribution in [0.3, 0.4) is 0 Å². The number of methoxy groups -OCH3 is 1. The van der Waals surface area contributed by atoms with Crippen LogP contribution in [0.5, 0.6) is 5.75 Å². The van der Waals surface area contributed by atoms with Crippen molar-refractivity contribution in [1.29, 1.82) is 0 Å². The first kappa shape index (κ1) is 15.6. The van der Waals surface area contributed by atoms with Crippen molar-refractivity contribution in [3.05, 3.63) is 50.8 Å². The second-order valence-electron chi connectivity index (χ2n) is 4.08. The highest BCUT2D eigenvalue weighted by Gasteiger charge is 2.16. The van der Waals surface area contributed by atoms with Crippen LogP contribution < -0.4 is 4.74 Å². The van der Waals surface area contributed by atoms with E-state index in [-0.39, 0.29) is 0 Å². The molecule has 2 aromatic rings. The number of aliphatic hydroxyl groups excluding tert-OH is 1. The minimum atomic E-state index is -0.814. The van der Waals surface area contributed by atoms with Crippen molar-refractivity contribution in [3.8, 4) is 5.75 Å². The Morgan fingerprint density at radius 3 is 2.60 bits per heavy atom. The van der Waals surface area contributed by atoms with Crippen LogP contribution in [0.25, 0.3) is 0 Å². The molecule has 6 heteroatoms. The zero-order valence-corrected chi connectivity index (χ0v) is 14.0. The minimum absolute atomic E-state index is 0.474. The third kappa shape index (κ3) is 3.85. The quantitative estimate of drug-likeness (QED) is 0.740. The van der Waals surface area contributed by atoms with E-state index in [1.54, 1.807) is 31.4 Å². The van der Waals surface area contributed by atoms with Crippen molar-refractivity contribution in [2.75, 3.05) is 20.3 Å². The van der Waals surface area contributed by atoms with Gasteiger partial charge in [-0.2, -0.15) is 0 Å². The van der Waals surface area contributed by atoms with Crippen molar-refractivity contribution in [2.45, 2.75) is 6.10 Å². The highest BCUT2D eigenvalue weighted by atomic mass is 79.9. The summed E-state index contributed by atoms with van der Waals surface area (Å²) in [5.74, 6) is 1.19. The molecule has 2 rings (SSSR count). The Bertz CT molecular complexity index is 568. The van der Waals surface area contributed by atoms with Gasteiger partial charge in [-0.05, 0) is 61.7 Å². The average Bonchev–Trinajstić information content (AvgIpc) is 2.86. The normalized spacial score (nSPS) is 12.4. The molecule has 1 aromatic carbocycles. The van der Waals surface area contributed by atoms with Gasteiger partial charge in [0.05, 0.1) is 11.1 Å². The predicted octanol–water partition coefficient (Wildman–Crippen LogP) is 3.91. The first-order valence-corrected chi connectivity index (χ1v) is 7.55. The Morgan fingerprint density at radius 1 is 1.20 bits per heavy atom. The molecule has 1 heterocycles. The third-order valence-electron chi connectivity index (χ3n) is 2.68. The summed E-state index contributed by atoms with van der Waals surface area (Å²) >= 11 is 6.64. The molecule has 0 aliphatic rings. The number of ether oxygens (including phenoxy) is 2. The maximum absolute atomic E-state index is 10.2. The summed E-state index contributed by atoms with van der Waals surface area (Å²) in [6, 6.07) is 8.88. The molecule has 0 bridgehead atoms. The molecular formula is C14H14Br2O4. The standard InChI is InChI=1S/C14H14Br2O4/c1-18-6-7-19-11-3-2-9(8-10(11)15)14(17)12-4-5-13(16)20-12/h2-5,8,14,17H,6-7H2,1H3. The fourth-order valence-corrected chi connectivity index (χ4v) is 2.51. The van der Waals surface area contributed by atoms with Gasteiger partial charge >= 0.3 is 0 Å². The Kier molecular flexibility index (Phi) is 5.65. The zero-order chi connectivity index (χ0) is 14.5. The van der Waals surface area contributed by atoms with E-state index in [4.69, 9.17) is 13.9 Å². The van der Waals surface area contributed by atoms with Gasteiger partial charge in [0, 0.05) is 7.11 Å². The highest BCUT2D eigenvalue weighted by molar-refractivity contribution is 9.10. The monoisotopic (exact) mass is 404 g/mol. The van der Waals surface area contributed by atoms with E-state index in [1.807, 2.05) is 6.07 Å². The molecule has 108 valence electrons. The van der Waals surface area contributed by atoms with E-state index >= 15 is 0 Å². The van der Waals surface area contributed by atoms with E-state index in [0.29, 0.717) is 29.4 Å². The van der Waals surface area contributed by atoms with Crippen LogP contribution in [0.1, 0.15) is 17.4 Å². The molecule has 0 radical (unpaired) electrons. The van der Waals surface area contributed by atoms with Gasteiger partial charge in [-0.25, -0.2) is 0 Å². The summed E-state index contributed by atoms with van der Waals surface area (Å²) in [5, 5.41) is 10.2. The smallest absolute Gasteiger partial charge is 0.169 e. The van der Waals surface area contributed by atoms with Crippen molar-refractivity contribution in [3.63, 3.8) is 0 Å². The fourth-order valence-electron chi connectivity index (χ4n) is 1.68. The van der Waals surface area contributed by atoms with Crippen molar-refractivity contribution in [2.24, 2.45) is 0 Å². The summed E-state index contributed by atoms with van der Waals surface area (Å²) in [6.45, 7) is 0.999. The lowest BCUT2D eigenvalue weighted by Gasteiger charge is -2.12. The molecule has 1 atom stereocenters. The predicted molar refractivity (Wildman–Crippen MR) is 82.0 cm³/mol. The molecule has 0 saturated carbocycles. The molecule has 1 unspecified atom stereocenters. The molecule has 0 amide bonds. The van der Waals surface area contributed by atoms with E-state index in [2.05, 4.69) is 31.9 Å². The van der Waals surface area contributed by atoms with Gasteiger partial charge in [0.25, 0.3) is 0 Å². The topological polar surface area (TPSA) is 51.8 Å². The van der Waals surface area contributed by atoms with Crippen LogP contribution >= 0.6 is 31.9 Å². The van der Waals surface area contributed by atoms with Crippen molar-refractivity contribution in [1.82, 2.24) is 0 Å². The van der Waals surface area contributed by atoms with E-state index in [0.717, 1.165) is 10.0 Å². The number of furan rings is 1. The Morgan fingerprint density at radius 2 is 2.00 bits per heavy atom. The average molecular weight is 406 g/mol. The zero-order valence-electron chi connectivity index (χ0n) is 10.8. The molecule has 1 aromatic heterocycles. The molecule has 0 fully saturated rings. The lowest BCUT2D eigenvalue weighted by molar-refractivity contribution is 0.146. The second kappa shape index (κ2) is 7.26. The van der Waals surface area contributed by atoms with Crippen molar-refractivity contribution < 1.29 is 19.0 Å². The second-order valence-corrected chi connectivity index (χ2v) is 5.71. The lowest BCUT2D eigenvalue weighted by atomic mass is 10.1. The molecule has 1 N–H and O–H groups in total. The SMILES string of the molecule is COCCOc1ccc(C(O)c2ccc(Br)o2)cc1Br. The molecular weight excluding hydrogens is 392 g/mol. The number of halogens is 2. The van der Waals surface area contributed by atoms with Gasteiger partial charge in [0.2, 0.25) is 0 Å². The third-order valence-corrected chi connectivity index (χ3v) is 3.73. The number of aliphatic hydroxyl groups is 1. The van der Waals surface area contributed by atoms with Crippen LogP contribution in [-0.4, -0.2) is 25.4 Å². The molecule has 20 heavy (non-hydrogen) atoms. The number of hydrogen-bond donors (Lipinski definition) is 1. The molecule has 0 aliphatic carbocycles. The Balaban J connectivity index is 2.12. The van der Waals surface area contributed by atoms with Crippen LogP contribution in [-0.2, 0) is 4.74 Å². The summed E-state index contributed by atoms with van der Waals surface area (Å²) in [7, 11) is 1.62. The molecule has 0 saturated heterocycles. The van der Waals surface area contributed by atoms with Crippen LogP contribution in [0, 0.1) is 0 Å². The first-order chi connectivity index (χ1) is 9.61. The summed E-state index contributed by atoms with van der Waals surface area (Å²) in [4.78, 5) is 0. The van der Waals surface area contributed by atoms with Crippen LogP contribution in [0.2, 0.25) is 0 Å². The summed E-state index contributed by atoms with van der Waals surface area (Å²) in [5.41, 5.74) is 0.720. The van der Waals surface area contributed by atoms with Crippen molar-refractivity contribution >= 4 is 31.9 Å². The first-order valence-electron chi connectivity index (χ1n) is 5.96. The van der Waals surface area contributed by atoms with Gasteiger partial charge in [0.1, 0.15) is 24.2 Å². The van der Waals surface area contributed by atoms with Gasteiger partial charge in [-0.3, -0.25) is 0 Å². The molecule has 4 nitrogen and oxygen atoms in total. The minimum Gasteiger partial charge on any atom is -0.490 e. The fraction of sp³-hybridized carbons (Fsp3) is 0.286. The van der Waals surface area contributed by atoms with E-state index in [9.17, 15) is 5.11 Å². The van der Waals surface area contributed by atoms with Gasteiger partial charge in [-0.1, -0.05) is 6.07 Å². The molecule has 0 aliphatic heterocycles. The number of hydrogen-bond acceptors (Lipinski definition) is 4. The van der Waals surface area contributed by atoms with Gasteiger partial charge in [0.15, 0.2) is 4.67 Å². The molecule has 0 spiro atoms. The van der Waals surface area contributed by atoms with Gasteiger partial charge < -0.3 is 19.0 Å². The maximum atomic E-state index is 10.2. The summed E-state index contributed by atoms with van der Waals surface area (Å²) in [6.07, 6.45) is -0.814. The van der Waals surface area contributed by atoms with Crippen LogP contribution in [0.15, 0.2) is 43.9 Å². The number of benzene rings is 1. The number of rotatable bonds is 6. The van der Waals surface area contributed by atoms with E-state index in [1.165, 1.54) is 0 Å². The van der Waals surface area contributed by atoms with Gasteiger partial charge in [-0.15, -0.1) is 0 Å². The highest BCUT2D eigenvalue weighted by Crippen LogP contribution is 2.32. The Hall–Kier alpha value is -0.820. The Labute approximate surface area is 133 Å². The summed E-state index contributed by atoms with van der Waals surface area (Å²) < 4.78 is 17.2. The maximum Gasteiger partial charge on any atom is 0.169 e. The van der Waals surface area contributed by atoms with E-state index < -0.39 is 6.10 Å². The largest absolute Gasteiger partial charge is 0.490 e.